The van der Waals surface area contributed by atoms with Gasteiger partial charge in [0.25, 0.3) is 0 Å². The number of aromatic hydroxyl groups is 1. The number of alkyl halides is 3. The molecule has 0 saturated heterocycles. The Morgan fingerprint density at radius 3 is 2.65 bits per heavy atom. The van der Waals surface area contributed by atoms with Crippen molar-refractivity contribution in [3.8, 4) is 17.0 Å². The SMILES string of the molecule is Cc1cc(C(F)(F)F)cc(O)c1-c1ccc2oc(N3Cc4c[nH]c(=O)cc4C3)nc2n1. The average Bonchev–Trinajstić information content (AvgIpc) is 3.29. The van der Waals surface area contributed by atoms with Crippen molar-refractivity contribution in [1.29, 1.82) is 0 Å². The van der Waals surface area contributed by atoms with E-state index in [4.69, 9.17) is 4.42 Å². The third-order valence-corrected chi connectivity index (χ3v) is 5.24. The van der Waals surface area contributed by atoms with Crippen LogP contribution in [0.1, 0.15) is 22.3 Å². The van der Waals surface area contributed by atoms with Crippen LogP contribution < -0.4 is 10.5 Å². The highest BCUT2D eigenvalue weighted by Gasteiger charge is 2.32. The fourth-order valence-electron chi connectivity index (χ4n) is 3.79. The number of oxazole rings is 1. The summed E-state index contributed by atoms with van der Waals surface area (Å²) in [6, 6.07) is 6.67. The van der Waals surface area contributed by atoms with Crippen molar-refractivity contribution in [3.05, 3.63) is 69.1 Å². The first-order chi connectivity index (χ1) is 14.7. The Hall–Kier alpha value is -3.82. The number of halogens is 3. The van der Waals surface area contributed by atoms with E-state index in [0.29, 0.717) is 30.8 Å². The van der Waals surface area contributed by atoms with E-state index in [2.05, 4.69) is 15.0 Å². The van der Waals surface area contributed by atoms with Crippen molar-refractivity contribution in [2.75, 3.05) is 4.90 Å². The lowest BCUT2D eigenvalue weighted by Gasteiger charge is -2.13. The number of pyridine rings is 2. The highest BCUT2D eigenvalue weighted by Crippen LogP contribution is 2.39. The zero-order valence-corrected chi connectivity index (χ0v) is 16.1. The van der Waals surface area contributed by atoms with Crippen molar-refractivity contribution in [2.24, 2.45) is 0 Å². The van der Waals surface area contributed by atoms with Gasteiger partial charge in [0.15, 0.2) is 5.58 Å². The zero-order chi connectivity index (χ0) is 21.9. The Labute approximate surface area is 172 Å². The lowest BCUT2D eigenvalue weighted by atomic mass is 10.0. The molecule has 158 valence electrons. The number of benzene rings is 1. The summed E-state index contributed by atoms with van der Waals surface area (Å²) >= 11 is 0. The highest BCUT2D eigenvalue weighted by molar-refractivity contribution is 5.78. The molecule has 0 spiro atoms. The number of nitrogens with zero attached hydrogens (tertiary/aromatic N) is 3. The number of nitrogens with one attached hydrogen (secondary N) is 1. The molecule has 7 nitrogen and oxygen atoms in total. The van der Waals surface area contributed by atoms with Gasteiger partial charge in [-0.25, -0.2) is 4.98 Å². The molecule has 0 aliphatic carbocycles. The van der Waals surface area contributed by atoms with E-state index in [1.54, 1.807) is 18.3 Å². The number of fused-ring (bicyclic) bond motifs is 2. The maximum atomic E-state index is 13.0. The molecule has 1 aromatic carbocycles. The predicted molar refractivity (Wildman–Crippen MR) is 106 cm³/mol. The normalized spacial score (nSPS) is 13.7. The van der Waals surface area contributed by atoms with Gasteiger partial charge in [-0.3, -0.25) is 4.79 Å². The molecule has 10 heteroatoms. The van der Waals surface area contributed by atoms with Gasteiger partial charge in [-0.15, -0.1) is 0 Å². The number of aryl methyl sites for hydroxylation is 1. The number of aromatic nitrogens is 3. The van der Waals surface area contributed by atoms with Crippen molar-refractivity contribution < 1.29 is 22.7 Å². The highest BCUT2D eigenvalue weighted by atomic mass is 19.4. The minimum absolute atomic E-state index is 0.184. The van der Waals surface area contributed by atoms with Crippen LogP contribution in [0.3, 0.4) is 0 Å². The molecule has 2 N–H and O–H groups in total. The molecule has 0 radical (unpaired) electrons. The molecule has 3 aromatic heterocycles. The summed E-state index contributed by atoms with van der Waals surface area (Å²) in [6.45, 7) is 2.44. The van der Waals surface area contributed by atoms with Gasteiger partial charge in [-0.1, -0.05) is 0 Å². The Bertz CT molecular complexity index is 1370. The van der Waals surface area contributed by atoms with Crippen LogP contribution in [-0.4, -0.2) is 20.1 Å². The molecule has 0 atom stereocenters. The second-order valence-corrected chi connectivity index (χ2v) is 7.40. The monoisotopic (exact) mass is 428 g/mol. The van der Waals surface area contributed by atoms with E-state index in [0.717, 1.165) is 17.2 Å². The molecule has 0 saturated carbocycles. The molecule has 0 fully saturated rings. The molecule has 0 amide bonds. The third-order valence-electron chi connectivity index (χ3n) is 5.24. The van der Waals surface area contributed by atoms with Crippen molar-refractivity contribution in [2.45, 2.75) is 26.2 Å². The maximum Gasteiger partial charge on any atom is 0.416 e. The summed E-state index contributed by atoms with van der Waals surface area (Å²) in [4.78, 5) is 24.8. The minimum Gasteiger partial charge on any atom is -0.507 e. The molecule has 5 rings (SSSR count). The van der Waals surface area contributed by atoms with Crippen LogP contribution in [0.4, 0.5) is 19.2 Å². The van der Waals surface area contributed by atoms with Gasteiger partial charge in [0.2, 0.25) is 11.2 Å². The van der Waals surface area contributed by atoms with Gasteiger partial charge in [0.05, 0.1) is 11.3 Å². The topological polar surface area (TPSA) is 95.2 Å². The first-order valence-electron chi connectivity index (χ1n) is 9.33. The van der Waals surface area contributed by atoms with Crippen LogP contribution in [0.2, 0.25) is 0 Å². The fraction of sp³-hybridized carbons (Fsp3) is 0.190. The lowest BCUT2D eigenvalue weighted by molar-refractivity contribution is -0.137. The van der Waals surface area contributed by atoms with E-state index in [1.165, 1.54) is 13.0 Å². The number of phenolic OH excluding ortho intramolecular Hbond substituents is 1. The molecule has 1 aliphatic rings. The van der Waals surface area contributed by atoms with Crippen molar-refractivity contribution in [1.82, 2.24) is 15.0 Å². The lowest BCUT2D eigenvalue weighted by Crippen LogP contribution is -2.14. The van der Waals surface area contributed by atoms with Crippen LogP contribution in [0, 0.1) is 6.92 Å². The van der Waals surface area contributed by atoms with Crippen molar-refractivity contribution >= 4 is 17.2 Å². The molecule has 0 unspecified atom stereocenters. The Balaban J connectivity index is 1.51. The number of hydrogen-bond donors (Lipinski definition) is 2. The van der Waals surface area contributed by atoms with E-state index in [-0.39, 0.29) is 28.0 Å². The van der Waals surface area contributed by atoms with E-state index < -0.39 is 17.5 Å². The van der Waals surface area contributed by atoms with Gasteiger partial charge in [0.1, 0.15) is 5.75 Å². The molecule has 4 aromatic rings. The number of aromatic amines is 1. The Morgan fingerprint density at radius 2 is 1.90 bits per heavy atom. The summed E-state index contributed by atoms with van der Waals surface area (Å²) in [5, 5.41) is 10.2. The predicted octanol–water partition coefficient (Wildman–Crippen LogP) is 4.13. The Kier molecular flexibility index (Phi) is 4.07. The molecule has 4 heterocycles. The number of H-pyrrole nitrogens is 1. The number of hydrogen-bond acceptors (Lipinski definition) is 6. The molecule has 1 aliphatic heterocycles. The van der Waals surface area contributed by atoms with E-state index in [9.17, 15) is 23.1 Å². The second-order valence-electron chi connectivity index (χ2n) is 7.40. The van der Waals surface area contributed by atoms with Gasteiger partial charge in [0, 0.05) is 30.9 Å². The fourth-order valence-corrected chi connectivity index (χ4v) is 3.79. The first kappa shape index (κ1) is 19.2. The van der Waals surface area contributed by atoms with Gasteiger partial charge in [-0.05, 0) is 47.9 Å². The molecular formula is C21H15F3N4O3. The van der Waals surface area contributed by atoms with Gasteiger partial charge < -0.3 is 19.4 Å². The first-order valence-corrected chi connectivity index (χ1v) is 9.33. The summed E-state index contributed by atoms with van der Waals surface area (Å²) in [7, 11) is 0. The zero-order valence-electron chi connectivity index (χ0n) is 16.1. The van der Waals surface area contributed by atoms with Crippen LogP contribution in [-0.2, 0) is 19.3 Å². The van der Waals surface area contributed by atoms with Crippen LogP contribution in [0.25, 0.3) is 22.5 Å². The summed E-state index contributed by atoms with van der Waals surface area (Å²) in [5.74, 6) is -0.512. The average molecular weight is 428 g/mol. The van der Waals surface area contributed by atoms with Crippen molar-refractivity contribution in [3.63, 3.8) is 0 Å². The molecule has 0 bridgehead atoms. The standard InChI is InChI=1S/C21H15F3N4O3/c1-10-4-13(21(22,23)24)6-15(29)18(10)14-2-3-16-19(26-14)27-20(31-16)28-8-11-5-17(30)25-7-12(11)9-28/h2-7,29H,8-9H2,1H3,(H,25,30). The van der Waals surface area contributed by atoms with Crippen LogP contribution in [0.5, 0.6) is 5.75 Å². The van der Waals surface area contributed by atoms with Crippen LogP contribution >= 0.6 is 0 Å². The summed E-state index contributed by atoms with van der Waals surface area (Å²) < 4.78 is 44.7. The van der Waals surface area contributed by atoms with Gasteiger partial charge in [-0.2, -0.15) is 18.2 Å². The van der Waals surface area contributed by atoms with E-state index >= 15 is 0 Å². The Morgan fingerprint density at radius 1 is 1.13 bits per heavy atom. The van der Waals surface area contributed by atoms with Crippen LogP contribution in [0.15, 0.2) is 45.7 Å². The minimum atomic E-state index is -4.56. The largest absolute Gasteiger partial charge is 0.507 e. The maximum absolute atomic E-state index is 13.0. The third kappa shape index (κ3) is 3.29. The van der Waals surface area contributed by atoms with Gasteiger partial charge >= 0.3 is 12.2 Å². The number of rotatable bonds is 2. The molecular weight excluding hydrogens is 413 g/mol. The summed E-state index contributed by atoms with van der Waals surface area (Å²) in [6.07, 6.45) is -2.90. The summed E-state index contributed by atoms with van der Waals surface area (Å²) in [5.41, 5.74) is 2.11. The van der Waals surface area contributed by atoms with E-state index in [1.807, 2.05) is 4.90 Å². The second kappa shape index (κ2) is 6.59. The number of anilines is 1. The molecule has 31 heavy (non-hydrogen) atoms. The number of phenols is 1. The quantitative estimate of drug-likeness (QED) is 0.499. The smallest absolute Gasteiger partial charge is 0.416 e.